The smallest absolute Gasteiger partial charge is 0.410 e. The van der Waals surface area contributed by atoms with Crippen LogP contribution in [0.3, 0.4) is 0 Å². The molecule has 0 unspecified atom stereocenters. The molecular weight excluding hydrogens is 282 g/mol. The van der Waals surface area contributed by atoms with E-state index in [1.165, 1.54) is 6.08 Å². The first-order valence-corrected chi connectivity index (χ1v) is 7.87. The number of carbonyl (C=O) groups is 2. The summed E-state index contributed by atoms with van der Waals surface area (Å²) in [7, 11) is 0. The van der Waals surface area contributed by atoms with E-state index in [0.29, 0.717) is 13.1 Å². The number of esters is 1. The van der Waals surface area contributed by atoms with Gasteiger partial charge in [-0.2, -0.15) is 0 Å². The van der Waals surface area contributed by atoms with Gasteiger partial charge in [-0.3, -0.25) is 0 Å². The van der Waals surface area contributed by atoms with Gasteiger partial charge in [0.25, 0.3) is 0 Å². The van der Waals surface area contributed by atoms with Crippen molar-refractivity contribution < 1.29 is 19.1 Å². The van der Waals surface area contributed by atoms with Gasteiger partial charge in [0, 0.05) is 19.2 Å². The van der Waals surface area contributed by atoms with Gasteiger partial charge in [0.1, 0.15) is 11.2 Å². The lowest BCUT2D eigenvalue weighted by Crippen LogP contribution is -2.37. The van der Waals surface area contributed by atoms with Gasteiger partial charge in [0.2, 0.25) is 0 Å². The molecule has 1 aliphatic rings. The summed E-state index contributed by atoms with van der Waals surface area (Å²) >= 11 is 0. The monoisotopic (exact) mass is 311 g/mol. The molecule has 1 fully saturated rings. The molecule has 5 nitrogen and oxygen atoms in total. The molecule has 1 saturated heterocycles. The van der Waals surface area contributed by atoms with E-state index < -0.39 is 11.2 Å². The van der Waals surface area contributed by atoms with Gasteiger partial charge in [-0.05, 0) is 66.4 Å². The predicted molar refractivity (Wildman–Crippen MR) is 85.6 cm³/mol. The maximum Gasteiger partial charge on any atom is 0.410 e. The molecule has 0 aromatic heterocycles. The van der Waals surface area contributed by atoms with E-state index >= 15 is 0 Å². The van der Waals surface area contributed by atoms with Crippen LogP contribution in [0.4, 0.5) is 4.79 Å². The number of carbonyl (C=O) groups excluding carboxylic acids is 2. The third-order valence-electron chi connectivity index (χ3n) is 2.95. The Morgan fingerprint density at radius 2 is 1.59 bits per heavy atom. The van der Waals surface area contributed by atoms with Crippen LogP contribution in [0, 0.1) is 0 Å². The lowest BCUT2D eigenvalue weighted by Gasteiger charge is -2.26. The van der Waals surface area contributed by atoms with Crippen LogP contribution >= 0.6 is 0 Å². The van der Waals surface area contributed by atoms with E-state index in [0.717, 1.165) is 24.8 Å². The maximum atomic E-state index is 12.2. The first-order valence-electron chi connectivity index (χ1n) is 7.87. The summed E-state index contributed by atoms with van der Waals surface area (Å²) in [5, 5.41) is 0. The zero-order valence-electron chi connectivity index (χ0n) is 14.7. The molecule has 1 rings (SSSR count). The minimum absolute atomic E-state index is 0.329. The van der Waals surface area contributed by atoms with Gasteiger partial charge in [-0.15, -0.1) is 0 Å². The Labute approximate surface area is 133 Å². The number of hydrogen-bond donors (Lipinski definition) is 0. The van der Waals surface area contributed by atoms with Gasteiger partial charge in [0.15, 0.2) is 0 Å². The van der Waals surface area contributed by atoms with E-state index in [1.807, 2.05) is 41.5 Å². The number of rotatable bonds is 1. The number of ether oxygens (including phenoxy) is 2. The van der Waals surface area contributed by atoms with Crippen molar-refractivity contribution in [3.8, 4) is 0 Å². The molecule has 1 heterocycles. The first kappa shape index (κ1) is 18.5. The molecule has 0 saturated carbocycles. The number of amides is 1. The minimum atomic E-state index is -0.515. The fourth-order valence-corrected chi connectivity index (χ4v) is 2.16. The lowest BCUT2D eigenvalue weighted by atomic mass is 10.1. The average molecular weight is 311 g/mol. The summed E-state index contributed by atoms with van der Waals surface area (Å²) in [6.45, 7) is 12.1. The molecule has 5 heteroatoms. The highest BCUT2D eigenvalue weighted by molar-refractivity contribution is 5.83. The quantitative estimate of drug-likeness (QED) is 0.547. The zero-order valence-corrected chi connectivity index (χ0v) is 14.7. The third-order valence-corrected chi connectivity index (χ3v) is 2.95. The van der Waals surface area contributed by atoms with Crippen molar-refractivity contribution >= 4 is 12.1 Å². The molecule has 126 valence electrons. The van der Waals surface area contributed by atoms with E-state index in [1.54, 1.807) is 4.90 Å². The lowest BCUT2D eigenvalue weighted by molar-refractivity contribution is -0.148. The van der Waals surface area contributed by atoms with Crippen molar-refractivity contribution in [3.63, 3.8) is 0 Å². The molecule has 0 aromatic carbocycles. The van der Waals surface area contributed by atoms with Crippen molar-refractivity contribution in [2.24, 2.45) is 0 Å². The van der Waals surface area contributed by atoms with Crippen molar-refractivity contribution in [1.29, 1.82) is 0 Å². The summed E-state index contributed by atoms with van der Waals surface area (Å²) in [5.74, 6) is -0.353. The molecule has 0 bridgehead atoms. The zero-order chi connectivity index (χ0) is 17.0. The van der Waals surface area contributed by atoms with Gasteiger partial charge in [-0.1, -0.05) is 0 Å². The highest BCUT2D eigenvalue weighted by Gasteiger charge is 2.24. The third kappa shape index (κ3) is 7.48. The molecular formula is C17H29NO4. The van der Waals surface area contributed by atoms with Crippen LogP contribution in [0.15, 0.2) is 11.6 Å². The summed E-state index contributed by atoms with van der Waals surface area (Å²) in [4.78, 5) is 25.8. The van der Waals surface area contributed by atoms with Gasteiger partial charge < -0.3 is 14.4 Å². The molecule has 22 heavy (non-hydrogen) atoms. The van der Waals surface area contributed by atoms with Crippen LogP contribution in [0.1, 0.15) is 60.8 Å². The molecule has 0 atom stereocenters. The highest BCUT2D eigenvalue weighted by Crippen LogP contribution is 2.19. The maximum absolute atomic E-state index is 12.2. The summed E-state index contributed by atoms with van der Waals surface area (Å²) < 4.78 is 10.7. The van der Waals surface area contributed by atoms with Crippen LogP contribution in [-0.4, -0.2) is 41.3 Å². The Morgan fingerprint density at radius 1 is 1.00 bits per heavy atom. The van der Waals surface area contributed by atoms with Crippen LogP contribution in [0.5, 0.6) is 0 Å². The Balaban J connectivity index is 2.73. The molecule has 1 aliphatic heterocycles. The normalized spacial score (nSPS) is 18.8. The predicted octanol–water partition coefficient (Wildman–Crippen LogP) is 3.68. The molecule has 0 aromatic rings. The average Bonchev–Trinajstić information content (AvgIpc) is 2.49. The SMILES string of the molecule is CC(C)(C)OC(=O)/C=C1/CCCCN(C(=O)OC(C)(C)C)C1. The first-order chi connectivity index (χ1) is 9.96. The summed E-state index contributed by atoms with van der Waals surface area (Å²) in [6.07, 6.45) is 3.86. The van der Waals surface area contributed by atoms with Gasteiger partial charge >= 0.3 is 12.1 Å². The van der Waals surface area contributed by atoms with Crippen molar-refractivity contribution in [2.45, 2.75) is 72.0 Å². The molecule has 0 spiro atoms. The Morgan fingerprint density at radius 3 is 2.14 bits per heavy atom. The number of nitrogens with zero attached hydrogens (tertiary/aromatic N) is 1. The van der Waals surface area contributed by atoms with E-state index in [2.05, 4.69) is 0 Å². The van der Waals surface area contributed by atoms with Crippen molar-refractivity contribution in [2.75, 3.05) is 13.1 Å². The minimum Gasteiger partial charge on any atom is -0.457 e. The fourth-order valence-electron chi connectivity index (χ4n) is 2.16. The molecule has 0 radical (unpaired) electrons. The van der Waals surface area contributed by atoms with Crippen LogP contribution in [0.25, 0.3) is 0 Å². The van der Waals surface area contributed by atoms with E-state index in [4.69, 9.17) is 9.47 Å². The van der Waals surface area contributed by atoms with Crippen molar-refractivity contribution in [1.82, 2.24) is 4.90 Å². The Kier molecular flexibility index (Phi) is 6.03. The topological polar surface area (TPSA) is 55.8 Å². The highest BCUT2D eigenvalue weighted by atomic mass is 16.6. The fraction of sp³-hybridized carbons (Fsp3) is 0.765. The van der Waals surface area contributed by atoms with E-state index in [-0.39, 0.29) is 12.1 Å². The number of hydrogen-bond acceptors (Lipinski definition) is 4. The second-order valence-electron chi connectivity index (χ2n) is 7.70. The van der Waals surface area contributed by atoms with Gasteiger partial charge in [0.05, 0.1) is 0 Å². The van der Waals surface area contributed by atoms with Crippen LogP contribution in [0.2, 0.25) is 0 Å². The van der Waals surface area contributed by atoms with Crippen LogP contribution < -0.4 is 0 Å². The molecule has 0 aliphatic carbocycles. The summed E-state index contributed by atoms with van der Waals surface area (Å²) in [5.41, 5.74) is -0.111. The standard InChI is InChI=1S/C17H29NO4/c1-16(2,3)21-14(19)11-13-9-7-8-10-18(12-13)15(20)22-17(4,5)6/h11H,7-10,12H2,1-6H3/b13-11-. The largest absolute Gasteiger partial charge is 0.457 e. The molecule has 1 amide bonds. The summed E-state index contributed by atoms with van der Waals surface area (Å²) in [6, 6.07) is 0. The second-order valence-corrected chi connectivity index (χ2v) is 7.70. The van der Waals surface area contributed by atoms with E-state index in [9.17, 15) is 9.59 Å². The van der Waals surface area contributed by atoms with Crippen LogP contribution in [-0.2, 0) is 14.3 Å². The van der Waals surface area contributed by atoms with Gasteiger partial charge in [-0.25, -0.2) is 9.59 Å². The molecule has 0 N–H and O–H groups in total. The Hall–Kier alpha value is -1.52. The number of likely N-dealkylation sites (tertiary alicyclic amines) is 1. The second kappa shape index (κ2) is 7.16. The Bertz CT molecular complexity index is 441. The van der Waals surface area contributed by atoms with Crippen molar-refractivity contribution in [3.05, 3.63) is 11.6 Å².